The number of methoxy groups -OCH3 is 2. The fourth-order valence-electron chi connectivity index (χ4n) is 3.58. The van der Waals surface area contributed by atoms with Gasteiger partial charge in [-0.3, -0.25) is 0 Å². The lowest BCUT2D eigenvalue weighted by Gasteiger charge is -2.10. The highest BCUT2D eigenvalue weighted by Crippen LogP contribution is 2.30. The molecule has 0 aliphatic rings. The molecule has 0 spiro atoms. The Labute approximate surface area is 190 Å². The highest BCUT2D eigenvalue weighted by Gasteiger charge is 2.06. The summed E-state index contributed by atoms with van der Waals surface area (Å²) in [6.45, 7) is 0. The average molecular weight is 419 g/mol. The molecule has 158 valence electrons. The van der Waals surface area contributed by atoms with Crippen molar-refractivity contribution in [3.05, 3.63) is 119 Å². The minimum atomic E-state index is 0.861. The molecular weight excluding hydrogens is 392 g/mol. The lowest BCUT2D eigenvalue weighted by Crippen LogP contribution is -1.87. The highest BCUT2D eigenvalue weighted by atomic mass is 16.5. The Morgan fingerprint density at radius 2 is 0.812 bits per heavy atom. The second-order valence-corrected chi connectivity index (χ2v) is 7.39. The van der Waals surface area contributed by atoms with Crippen LogP contribution in [0.25, 0.3) is 35.4 Å². The zero-order valence-corrected chi connectivity index (χ0v) is 18.4. The Morgan fingerprint density at radius 1 is 0.438 bits per heavy atom. The van der Waals surface area contributed by atoms with Crippen LogP contribution in [0.1, 0.15) is 22.3 Å². The molecule has 2 nitrogen and oxygen atoms in total. The van der Waals surface area contributed by atoms with Gasteiger partial charge in [0, 0.05) is 0 Å². The Hall–Kier alpha value is -4.04. The summed E-state index contributed by atoms with van der Waals surface area (Å²) in [5.41, 5.74) is 7.02. The quantitative estimate of drug-likeness (QED) is 0.286. The lowest BCUT2D eigenvalue weighted by molar-refractivity contribution is 0.414. The third-order valence-electron chi connectivity index (χ3n) is 5.35. The van der Waals surface area contributed by atoms with Crippen LogP contribution >= 0.6 is 0 Å². The van der Waals surface area contributed by atoms with Crippen LogP contribution < -0.4 is 9.47 Å². The van der Waals surface area contributed by atoms with E-state index in [1.54, 1.807) is 14.2 Å². The van der Waals surface area contributed by atoms with Crippen LogP contribution in [-0.2, 0) is 0 Å². The summed E-state index contributed by atoms with van der Waals surface area (Å²) in [4.78, 5) is 0. The maximum absolute atomic E-state index is 5.25. The van der Waals surface area contributed by atoms with Crippen molar-refractivity contribution < 1.29 is 9.47 Å². The fourth-order valence-corrected chi connectivity index (χ4v) is 3.58. The molecule has 0 N–H and O–H groups in total. The van der Waals surface area contributed by atoms with Crippen molar-refractivity contribution in [2.75, 3.05) is 14.2 Å². The van der Waals surface area contributed by atoms with Gasteiger partial charge in [0.05, 0.1) is 14.2 Å². The van der Waals surface area contributed by atoms with E-state index in [-0.39, 0.29) is 0 Å². The van der Waals surface area contributed by atoms with Crippen molar-refractivity contribution in [3.8, 4) is 22.6 Å². The molecule has 0 aromatic heterocycles. The molecule has 0 aliphatic carbocycles. The molecule has 0 heterocycles. The number of ether oxygens (including phenoxy) is 2. The molecule has 0 saturated carbocycles. The Bertz CT molecular complexity index is 1120. The van der Waals surface area contributed by atoms with Crippen LogP contribution in [0.2, 0.25) is 0 Å². The Balaban J connectivity index is 1.64. The van der Waals surface area contributed by atoms with E-state index >= 15 is 0 Å². The van der Waals surface area contributed by atoms with Crippen LogP contribution in [0, 0.1) is 0 Å². The van der Waals surface area contributed by atoms with E-state index in [4.69, 9.17) is 9.47 Å². The summed E-state index contributed by atoms with van der Waals surface area (Å²) < 4.78 is 10.5. The third-order valence-corrected chi connectivity index (χ3v) is 5.35. The number of hydrogen-bond acceptors (Lipinski definition) is 2. The van der Waals surface area contributed by atoms with Crippen molar-refractivity contribution in [2.45, 2.75) is 0 Å². The smallest absolute Gasteiger partial charge is 0.118 e. The van der Waals surface area contributed by atoms with E-state index in [0.29, 0.717) is 0 Å². The van der Waals surface area contributed by atoms with Crippen molar-refractivity contribution in [3.63, 3.8) is 0 Å². The first-order chi connectivity index (χ1) is 15.8. The number of benzene rings is 4. The van der Waals surface area contributed by atoms with E-state index in [1.807, 2.05) is 24.3 Å². The van der Waals surface area contributed by atoms with Gasteiger partial charge < -0.3 is 9.47 Å². The highest BCUT2D eigenvalue weighted by molar-refractivity contribution is 5.87. The van der Waals surface area contributed by atoms with Crippen molar-refractivity contribution in [2.24, 2.45) is 0 Å². The summed E-state index contributed by atoms with van der Waals surface area (Å²) in [6.07, 6.45) is 8.60. The zero-order valence-electron chi connectivity index (χ0n) is 18.4. The molecule has 32 heavy (non-hydrogen) atoms. The van der Waals surface area contributed by atoms with Crippen molar-refractivity contribution >= 4 is 24.3 Å². The molecule has 4 aromatic rings. The molecule has 0 radical (unpaired) electrons. The van der Waals surface area contributed by atoms with Gasteiger partial charge in [-0.25, -0.2) is 0 Å². The number of hydrogen-bond donors (Lipinski definition) is 0. The first kappa shape index (κ1) is 21.2. The second-order valence-electron chi connectivity index (χ2n) is 7.39. The first-order valence-corrected chi connectivity index (χ1v) is 10.6. The normalized spacial score (nSPS) is 11.2. The van der Waals surface area contributed by atoms with Gasteiger partial charge in [-0.05, 0) is 57.6 Å². The van der Waals surface area contributed by atoms with E-state index in [1.165, 1.54) is 22.3 Å². The van der Waals surface area contributed by atoms with Crippen molar-refractivity contribution in [1.29, 1.82) is 0 Å². The largest absolute Gasteiger partial charge is 0.497 e. The van der Waals surface area contributed by atoms with Gasteiger partial charge in [0.25, 0.3) is 0 Å². The minimum Gasteiger partial charge on any atom is -0.497 e. The van der Waals surface area contributed by atoms with Gasteiger partial charge in [0.15, 0.2) is 0 Å². The van der Waals surface area contributed by atoms with Gasteiger partial charge in [-0.1, -0.05) is 97.1 Å². The molecule has 0 saturated heterocycles. The van der Waals surface area contributed by atoms with Gasteiger partial charge in [-0.2, -0.15) is 0 Å². The van der Waals surface area contributed by atoms with E-state index in [2.05, 4.69) is 97.1 Å². The average Bonchev–Trinajstić information content (AvgIpc) is 2.87. The summed E-state index contributed by atoms with van der Waals surface area (Å²) in [7, 11) is 3.36. The monoisotopic (exact) mass is 418 g/mol. The van der Waals surface area contributed by atoms with Gasteiger partial charge in [0.1, 0.15) is 11.5 Å². The molecule has 4 aromatic carbocycles. The molecule has 0 aliphatic heterocycles. The topological polar surface area (TPSA) is 18.5 Å². The second kappa shape index (κ2) is 10.3. The predicted molar refractivity (Wildman–Crippen MR) is 136 cm³/mol. The maximum Gasteiger partial charge on any atom is 0.118 e. The Kier molecular flexibility index (Phi) is 6.84. The van der Waals surface area contributed by atoms with E-state index < -0.39 is 0 Å². The SMILES string of the molecule is COc1ccc(C=Cc2ccccc2-c2ccccc2C=Cc2ccc(OC)cc2)cc1. The van der Waals surface area contributed by atoms with Crippen LogP contribution in [-0.4, -0.2) is 14.2 Å². The summed E-state index contributed by atoms with van der Waals surface area (Å²) in [5, 5.41) is 0. The third kappa shape index (κ3) is 5.16. The Morgan fingerprint density at radius 3 is 1.19 bits per heavy atom. The standard InChI is InChI=1S/C30H26O2/c1-31-27-19-13-23(14-20-27)11-17-25-7-3-5-9-29(25)30-10-6-4-8-26(30)18-12-24-15-21-28(32-2)22-16-24/h3-22H,1-2H3. The maximum atomic E-state index is 5.25. The summed E-state index contributed by atoms with van der Waals surface area (Å²) in [6, 6.07) is 33.1. The van der Waals surface area contributed by atoms with E-state index in [9.17, 15) is 0 Å². The van der Waals surface area contributed by atoms with Crippen LogP contribution in [0.4, 0.5) is 0 Å². The zero-order chi connectivity index (χ0) is 22.2. The van der Waals surface area contributed by atoms with Crippen LogP contribution in [0.15, 0.2) is 97.1 Å². The lowest BCUT2D eigenvalue weighted by atomic mass is 9.94. The molecule has 0 atom stereocenters. The molecule has 4 rings (SSSR count). The van der Waals surface area contributed by atoms with Gasteiger partial charge >= 0.3 is 0 Å². The summed E-state index contributed by atoms with van der Waals surface area (Å²) >= 11 is 0. The molecule has 0 fully saturated rings. The van der Waals surface area contributed by atoms with E-state index in [0.717, 1.165) is 22.6 Å². The van der Waals surface area contributed by atoms with Crippen molar-refractivity contribution in [1.82, 2.24) is 0 Å². The molecule has 2 heteroatoms. The fraction of sp³-hybridized carbons (Fsp3) is 0.0667. The van der Waals surface area contributed by atoms with Crippen LogP contribution in [0.5, 0.6) is 11.5 Å². The van der Waals surface area contributed by atoms with Gasteiger partial charge in [-0.15, -0.1) is 0 Å². The first-order valence-electron chi connectivity index (χ1n) is 10.6. The molecule has 0 amide bonds. The minimum absolute atomic E-state index is 0.861. The van der Waals surface area contributed by atoms with Gasteiger partial charge in [0.2, 0.25) is 0 Å². The molecule has 0 unspecified atom stereocenters. The molecule has 0 bridgehead atoms. The number of rotatable bonds is 7. The predicted octanol–water partition coefficient (Wildman–Crippen LogP) is 7.71. The summed E-state index contributed by atoms with van der Waals surface area (Å²) in [5.74, 6) is 1.72. The van der Waals surface area contributed by atoms with Crippen LogP contribution in [0.3, 0.4) is 0 Å². The molecular formula is C30H26O2.